The zero-order chi connectivity index (χ0) is 6.69. The van der Waals surface area contributed by atoms with Crippen molar-refractivity contribution in [2.75, 3.05) is 0 Å². The number of aromatic nitrogens is 3. The van der Waals surface area contributed by atoms with Crippen molar-refractivity contribution in [3.63, 3.8) is 0 Å². The average molecular weight is 123 g/mol. The lowest BCUT2D eigenvalue weighted by molar-refractivity contribution is 0.677. The van der Waals surface area contributed by atoms with Gasteiger partial charge in [-0.3, -0.25) is 0 Å². The first-order chi connectivity index (χ1) is 4.29. The molecule has 3 nitrogen and oxygen atoms in total. The van der Waals surface area contributed by atoms with E-state index in [0.29, 0.717) is 0 Å². The summed E-state index contributed by atoms with van der Waals surface area (Å²) in [5.74, 6) is 0. The summed E-state index contributed by atoms with van der Waals surface area (Å²) in [6.07, 6.45) is 3.19. The van der Waals surface area contributed by atoms with Gasteiger partial charge in [0.1, 0.15) is 12.7 Å². The molecule has 0 spiro atoms. The second-order valence-corrected chi connectivity index (χ2v) is 2.05. The van der Waals surface area contributed by atoms with Crippen LogP contribution in [-0.4, -0.2) is 14.8 Å². The van der Waals surface area contributed by atoms with Crippen LogP contribution in [0, 0.1) is 0 Å². The maximum absolute atomic E-state index is 3.90. The Kier molecular flexibility index (Phi) is 1.63. The quantitative estimate of drug-likeness (QED) is 0.546. The third-order valence-electron chi connectivity index (χ3n) is 0.898. The average Bonchev–Trinajstić information content (AvgIpc) is 2.15. The van der Waals surface area contributed by atoms with Gasteiger partial charge in [-0.05, 0) is 6.92 Å². The maximum Gasteiger partial charge on any atom is 0.137 e. The molecule has 0 amide bonds. The highest BCUT2D eigenvalue weighted by Crippen LogP contribution is 1.90. The molecule has 0 aliphatic rings. The van der Waals surface area contributed by atoms with Crippen LogP contribution in [0.15, 0.2) is 24.8 Å². The fourth-order valence-electron chi connectivity index (χ4n) is 0.591. The number of nitrogens with zero attached hydrogens (tertiary/aromatic N) is 3. The number of rotatable bonds is 2. The van der Waals surface area contributed by atoms with Gasteiger partial charge >= 0.3 is 0 Å². The van der Waals surface area contributed by atoms with Gasteiger partial charge in [-0.2, -0.15) is 5.10 Å². The van der Waals surface area contributed by atoms with E-state index in [4.69, 9.17) is 0 Å². The molecule has 0 unspecified atom stereocenters. The van der Waals surface area contributed by atoms with Crippen molar-refractivity contribution < 1.29 is 0 Å². The number of allylic oxidation sites excluding steroid dienone is 1. The van der Waals surface area contributed by atoms with Crippen LogP contribution < -0.4 is 0 Å². The highest BCUT2D eigenvalue weighted by atomic mass is 15.3. The zero-order valence-corrected chi connectivity index (χ0v) is 5.41. The van der Waals surface area contributed by atoms with E-state index in [2.05, 4.69) is 16.7 Å². The molecule has 0 fully saturated rings. The van der Waals surface area contributed by atoms with Crippen LogP contribution in [-0.2, 0) is 6.54 Å². The SMILES string of the molecule is C=C(C)Cn1cncn1. The zero-order valence-electron chi connectivity index (χ0n) is 5.41. The highest BCUT2D eigenvalue weighted by molar-refractivity contribution is 4.87. The molecule has 0 N–H and O–H groups in total. The molecule has 1 heterocycles. The third-order valence-corrected chi connectivity index (χ3v) is 0.898. The van der Waals surface area contributed by atoms with E-state index in [1.807, 2.05) is 6.92 Å². The lowest BCUT2D eigenvalue weighted by atomic mass is 10.4. The van der Waals surface area contributed by atoms with E-state index in [-0.39, 0.29) is 0 Å². The van der Waals surface area contributed by atoms with E-state index in [9.17, 15) is 0 Å². The van der Waals surface area contributed by atoms with Crippen LogP contribution in [0.25, 0.3) is 0 Å². The Morgan fingerprint density at radius 2 is 2.56 bits per heavy atom. The standard InChI is InChI=1S/C6H9N3/c1-6(2)3-9-5-7-4-8-9/h4-5H,1,3H2,2H3. The minimum absolute atomic E-state index is 0.764. The minimum atomic E-state index is 0.764. The van der Waals surface area contributed by atoms with Crippen molar-refractivity contribution in [1.82, 2.24) is 14.8 Å². The molecule has 1 aromatic rings. The predicted molar refractivity (Wildman–Crippen MR) is 34.8 cm³/mol. The summed E-state index contributed by atoms with van der Waals surface area (Å²) < 4.78 is 1.74. The van der Waals surface area contributed by atoms with Crippen molar-refractivity contribution >= 4 is 0 Å². The fraction of sp³-hybridized carbons (Fsp3) is 0.333. The van der Waals surface area contributed by atoms with Crippen molar-refractivity contribution in [3.8, 4) is 0 Å². The molecule has 0 radical (unpaired) electrons. The van der Waals surface area contributed by atoms with Gasteiger partial charge in [-0.15, -0.1) is 0 Å². The molecule has 0 bridgehead atoms. The van der Waals surface area contributed by atoms with E-state index >= 15 is 0 Å². The molecule has 1 rings (SSSR count). The topological polar surface area (TPSA) is 30.7 Å². The molecule has 48 valence electrons. The van der Waals surface area contributed by atoms with Crippen LogP contribution in [0.3, 0.4) is 0 Å². The van der Waals surface area contributed by atoms with Gasteiger partial charge in [0.2, 0.25) is 0 Å². The summed E-state index contributed by atoms with van der Waals surface area (Å²) in [5.41, 5.74) is 1.08. The number of hydrogen-bond donors (Lipinski definition) is 0. The van der Waals surface area contributed by atoms with Crippen LogP contribution in [0.4, 0.5) is 0 Å². The van der Waals surface area contributed by atoms with E-state index in [1.165, 1.54) is 6.33 Å². The molecule has 0 aromatic carbocycles. The molecule has 0 saturated carbocycles. The van der Waals surface area contributed by atoms with Crippen molar-refractivity contribution in [1.29, 1.82) is 0 Å². The Morgan fingerprint density at radius 1 is 1.78 bits per heavy atom. The van der Waals surface area contributed by atoms with Gasteiger partial charge in [-0.1, -0.05) is 12.2 Å². The first-order valence-electron chi connectivity index (χ1n) is 2.76. The molecular weight excluding hydrogens is 114 g/mol. The normalized spacial score (nSPS) is 9.44. The van der Waals surface area contributed by atoms with Crippen molar-refractivity contribution in [3.05, 3.63) is 24.8 Å². The Bertz CT molecular complexity index is 188. The summed E-state index contributed by atoms with van der Waals surface area (Å²) >= 11 is 0. The fourth-order valence-corrected chi connectivity index (χ4v) is 0.591. The molecule has 9 heavy (non-hydrogen) atoms. The van der Waals surface area contributed by atoms with Gasteiger partial charge in [-0.25, -0.2) is 9.67 Å². The summed E-state index contributed by atoms with van der Waals surface area (Å²) in [6, 6.07) is 0. The molecule has 0 saturated heterocycles. The van der Waals surface area contributed by atoms with Gasteiger partial charge in [0, 0.05) is 0 Å². The summed E-state index contributed by atoms with van der Waals surface area (Å²) in [5, 5.41) is 3.90. The van der Waals surface area contributed by atoms with Crippen LogP contribution in [0.5, 0.6) is 0 Å². The van der Waals surface area contributed by atoms with Gasteiger partial charge in [0.05, 0.1) is 6.54 Å². The second-order valence-electron chi connectivity index (χ2n) is 2.05. The largest absolute Gasteiger partial charge is 0.249 e. The van der Waals surface area contributed by atoms with Crippen molar-refractivity contribution in [2.24, 2.45) is 0 Å². The molecule has 1 aromatic heterocycles. The first kappa shape index (κ1) is 6.01. The highest BCUT2D eigenvalue weighted by Gasteiger charge is 1.87. The van der Waals surface area contributed by atoms with Crippen LogP contribution >= 0.6 is 0 Å². The van der Waals surface area contributed by atoms with Crippen LogP contribution in [0.2, 0.25) is 0 Å². The van der Waals surface area contributed by atoms with E-state index in [1.54, 1.807) is 11.0 Å². The monoisotopic (exact) mass is 123 g/mol. The van der Waals surface area contributed by atoms with E-state index < -0.39 is 0 Å². The molecular formula is C6H9N3. The maximum atomic E-state index is 3.90. The lowest BCUT2D eigenvalue weighted by Crippen LogP contribution is -1.97. The van der Waals surface area contributed by atoms with Gasteiger partial charge in [0.15, 0.2) is 0 Å². The van der Waals surface area contributed by atoms with Crippen molar-refractivity contribution in [2.45, 2.75) is 13.5 Å². The summed E-state index contributed by atoms with van der Waals surface area (Å²) in [4.78, 5) is 3.79. The molecule has 0 atom stereocenters. The molecule has 0 aliphatic heterocycles. The van der Waals surface area contributed by atoms with Crippen LogP contribution in [0.1, 0.15) is 6.92 Å². The van der Waals surface area contributed by atoms with Gasteiger partial charge in [0.25, 0.3) is 0 Å². The predicted octanol–water partition coefficient (Wildman–Crippen LogP) is 0.854. The molecule has 3 heteroatoms. The minimum Gasteiger partial charge on any atom is -0.249 e. The Balaban J connectivity index is 2.58. The number of hydrogen-bond acceptors (Lipinski definition) is 2. The Morgan fingerprint density at radius 3 is 3.00 bits per heavy atom. The lowest BCUT2D eigenvalue weighted by Gasteiger charge is -1.95. The molecule has 0 aliphatic carbocycles. The Hall–Kier alpha value is -1.12. The first-order valence-corrected chi connectivity index (χ1v) is 2.76. The summed E-state index contributed by atoms with van der Waals surface area (Å²) in [6.45, 7) is 6.47. The smallest absolute Gasteiger partial charge is 0.137 e. The van der Waals surface area contributed by atoms with E-state index in [0.717, 1.165) is 12.1 Å². The summed E-state index contributed by atoms with van der Waals surface area (Å²) in [7, 11) is 0. The third kappa shape index (κ3) is 1.68. The second kappa shape index (κ2) is 2.44. The Labute approximate surface area is 54.0 Å². The van der Waals surface area contributed by atoms with Gasteiger partial charge < -0.3 is 0 Å².